The summed E-state index contributed by atoms with van der Waals surface area (Å²) in [7, 11) is 1.28. The lowest BCUT2D eigenvalue weighted by Gasteiger charge is -2.53. The first-order valence-electron chi connectivity index (χ1n) is 9.54. The minimum atomic E-state index is -0.949. The SMILES string of the molecule is COC(=O)[C@H]1C(=O)N(Cc2ccccc2)C[C@@]2(CCCO)CCC(=O)C[C@@H]12. The fraction of sp³-hybridized carbons (Fsp3) is 0.571. The van der Waals surface area contributed by atoms with Gasteiger partial charge in [0.2, 0.25) is 5.91 Å². The maximum atomic E-state index is 13.2. The molecule has 1 aliphatic heterocycles. The van der Waals surface area contributed by atoms with Crippen molar-refractivity contribution >= 4 is 17.7 Å². The van der Waals surface area contributed by atoms with E-state index in [1.54, 1.807) is 4.90 Å². The summed E-state index contributed by atoms with van der Waals surface area (Å²) in [5, 5.41) is 9.37. The van der Waals surface area contributed by atoms with Crippen LogP contribution in [0.2, 0.25) is 0 Å². The minimum Gasteiger partial charge on any atom is -0.468 e. The molecule has 1 aromatic carbocycles. The first-order valence-corrected chi connectivity index (χ1v) is 9.54. The lowest BCUT2D eigenvalue weighted by Crippen LogP contribution is -2.60. The highest BCUT2D eigenvalue weighted by atomic mass is 16.5. The molecule has 1 aromatic rings. The van der Waals surface area contributed by atoms with E-state index in [0.29, 0.717) is 38.8 Å². The summed E-state index contributed by atoms with van der Waals surface area (Å²) in [6, 6.07) is 9.68. The molecule has 3 atom stereocenters. The van der Waals surface area contributed by atoms with Gasteiger partial charge < -0.3 is 14.7 Å². The zero-order chi connectivity index (χ0) is 19.4. The summed E-state index contributed by atoms with van der Waals surface area (Å²) < 4.78 is 4.95. The van der Waals surface area contributed by atoms with E-state index in [4.69, 9.17) is 4.74 Å². The van der Waals surface area contributed by atoms with E-state index in [1.807, 2.05) is 30.3 Å². The maximum absolute atomic E-state index is 13.2. The number of aliphatic hydroxyl groups is 1. The van der Waals surface area contributed by atoms with Crippen molar-refractivity contribution in [2.24, 2.45) is 17.3 Å². The Bertz CT molecular complexity index is 704. The van der Waals surface area contributed by atoms with Crippen molar-refractivity contribution in [3.63, 3.8) is 0 Å². The maximum Gasteiger partial charge on any atom is 0.318 e. The van der Waals surface area contributed by atoms with E-state index in [2.05, 4.69) is 0 Å². The highest BCUT2D eigenvalue weighted by Crippen LogP contribution is 2.51. The van der Waals surface area contributed by atoms with Gasteiger partial charge in [-0.3, -0.25) is 14.4 Å². The van der Waals surface area contributed by atoms with E-state index >= 15 is 0 Å². The van der Waals surface area contributed by atoms with Gasteiger partial charge in [-0.15, -0.1) is 0 Å². The number of aliphatic hydroxyl groups excluding tert-OH is 1. The third-order valence-electron chi connectivity index (χ3n) is 6.13. The van der Waals surface area contributed by atoms with Crippen LogP contribution in [0.1, 0.15) is 37.7 Å². The van der Waals surface area contributed by atoms with Gasteiger partial charge in [0.15, 0.2) is 0 Å². The van der Waals surface area contributed by atoms with Crippen LogP contribution in [0.5, 0.6) is 0 Å². The van der Waals surface area contributed by atoms with Crippen molar-refractivity contribution in [3.8, 4) is 0 Å². The van der Waals surface area contributed by atoms with E-state index < -0.39 is 11.9 Å². The molecular formula is C21H27NO5. The number of amides is 1. The van der Waals surface area contributed by atoms with Gasteiger partial charge in [0, 0.05) is 32.5 Å². The fourth-order valence-corrected chi connectivity index (χ4v) is 4.78. The molecule has 0 unspecified atom stereocenters. The van der Waals surface area contributed by atoms with E-state index in [-0.39, 0.29) is 36.1 Å². The van der Waals surface area contributed by atoms with Crippen molar-refractivity contribution in [1.29, 1.82) is 0 Å². The fourth-order valence-electron chi connectivity index (χ4n) is 4.78. The van der Waals surface area contributed by atoms with E-state index in [0.717, 1.165) is 5.56 Å². The summed E-state index contributed by atoms with van der Waals surface area (Å²) >= 11 is 0. The molecule has 1 saturated heterocycles. The first kappa shape index (κ1) is 19.5. The Morgan fingerprint density at radius 2 is 2.04 bits per heavy atom. The zero-order valence-electron chi connectivity index (χ0n) is 15.7. The molecule has 6 nitrogen and oxygen atoms in total. The lowest BCUT2D eigenvalue weighted by atomic mass is 9.57. The van der Waals surface area contributed by atoms with Gasteiger partial charge in [0.05, 0.1) is 7.11 Å². The molecule has 1 heterocycles. The highest BCUT2D eigenvalue weighted by Gasteiger charge is 2.56. The Kier molecular flexibility index (Phi) is 5.95. The third kappa shape index (κ3) is 3.90. The van der Waals surface area contributed by atoms with Gasteiger partial charge in [-0.2, -0.15) is 0 Å². The summed E-state index contributed by atoms with van der Waals surface area (Å²) in [6.07, 6.45) is 2.61. The second kappa shape index (κ2) is 8.21. The Morgan fingerprint density at radius 1 is 1.30 bits per heavy atom. The molecule has 0 aromatic heterocycles. The second-order valence-corrected chi connectivity index (χ2v) is 7.72. The van der Waals surface area contributed by atoms with Crippen LogP contribution in [0, 0.1) is 17.3 Å². The molecule has 1 N–H and O–H groups in total. The largest absolute Gasteiger partial charge is 0.468 e. The molecule has 27 heavy (non-hydrogen) atoms. The van der Waals surface area contributed by atoms with Crippen molar-refractivity contribution in [2.75, 3.05) is 20.3 Å². The van der Waals surface area contributed by atoms with Crippen LogP contribution in [0.3, 0.4) is 0 Å². The number of carbonyl (C=O) groups excluding carboxylic acids is 3. The van der Waals surface area contributed by atoms with Crippen LogP contribution in [0.4, 0.5) is 0 Å². The van der Waals surface area contributed by atoms with Gasteiger partial charge in [-0.25, -0.2) is 0 Å². The minimum absolute atomic E-state index is 0.0535. The predicted molar refractivity (Wildman–Crippen MR) is 98.5 cm³/mol. The average Bonchev–Trinajstić information content (AvgIpc) is 2.68. The number of esters is 1. The average molecular weight is 373 g/mol. The predicted octanol–water partition coefficient (Wildman–Crippen LogP) is 1.95. The van der Waals surface area contributed by atoms with Gasteiger partial charge >= 0.3 is 5.97 Å². The van der Waals surface area contributed by atoms with Gasteiger partial charge in [0.1, 0.15) is 11.7 Å². The smallest absolute Gasteiger partial charge is 0.318 e. The molecule has 1 aliphatic carbocycles. The second-order valence-electron chi connectivity index (χ2n) is 7.72. The molecule has 3 rings (SSSR count). The molecule has 1 amide bonds. The van der Waals surface area contributed by atoms with E-state index in [9.17, 15) is 19.5 Å². The number of fused-ring (bicyclic) bond motifs is 1. The number of hydrogen-bond acceptors (Lipinski definition) is 5. The Labute approximate surface area is 159 Å². The van der Waals surface area contributed by atoms with Crippen molar-refractivity contribution < 1.29 is 24.2 Å². The summed E-state index contributed by atoms with van der Waals surface area (Å²) in [5.41, 5.74) is 0.662. The number of methoxy groups -OCH3 is 1. The van der Waals surface area contributed by atoms with Crippen molar-refractivity contribution in [1.82, 2.24) is 4.90 Å². The number of carbonyl (C=O) groups is 3. The van der Waals surface area contributed by atoms with E-state index in [1.165, 1.54) is 7.11 Å². The Balaban J connectivity index is 1.96. The van der Waals surface area contributed by atoms with Crippen LogP contribution in [-0.4, -0.2) is 47.9 Å². The Hall–Kier alpha value is -2.21. The summed E-state index contributed by atoms with van der Waals surface area (Å²) in [5.74, 6) is -2.03. The molecule has 1 saturated carbocycles. The molecular weight excluding hydrogens is 346 g/mol. The number of hydrogen-bond donors (Lipinski definition) is 1. The Morgan fingerprint density at radius 3 is 2.70 bits per heavy atom. The van der Waals surface area contributed by atoms with Crippen LogP contribution in [0.25, 0.3) is 0 Å². The molecule has 0 radical (unpaired) electrons. The summed E-state index contributed by atoms with van der Waals surface area (Å²) in [6.45, 7) is 0.985. The molecule has 2 fully saturated rings. The van der Waals surface area contributed by atoms with Crippen molar-refractivity contribution in [3.05, 3.63) is 35.9 Å². The van der Waals surface area contributed by atoms with Crippen LogP contribution < -0.4 is 0 Å². The molecule has 0 bridgehead atoms. The molecule has 146 valence electrons. The topological polar surface area (TPSA) is 83.9 Å². The highest BCUT2D eigenvalue weighted by molar-refractivity contribution is 5.99. The number of ether oxygens (including phenoxy) is 1. The summed E-state index contributed by atoms with van der Waals surface area (Å²) in [4.78, 5) is 39.6. The van der Waals surface area contributed by atoms with Crippen LogP contribution in [0.15, 0.2) is 30.3 Å². The number of ketones is 1. The zero-order valence-corrected chi connectivity index (χ0v) is 15.7. The van der Waals surface area contributed by atoms with Crippen molar-refractivity contribution in [2.45, 2.75) is 38.6 Å². The van der Waals surface area contributed by atoms with Crippen LogP contribution in [-0.2, 0) is 25.7 Å². The quantitative estimate of drug-likeness (QED) is 0.609. The number of likely N-dealkylation sites (tertiary alicyclic amines) is 1. The normalized spacial score (nSPS) is 28.0. The number of benzene rings is 1. The third-order valence-corrected chi connectivity index (χ3v) is 6.13. The molecule has 2 aliphatic rings. The molecule has 0 spiro atoms. The van der Waals surface area contributed by atoms with Gasteiger partial charge in [-0.1, -0.05) is 30.3 Å². The number of rotatable bonds is 6. The number of piperidine rings is 1. The number of nitrogens with zero attached hydrogens (tertiary/aromatic N) is 1. The van der Waals surface area contributed by atoms with Crippen LogP contribution >= 0.6 is 0 Å². The lowest BCUT2D eigenvalue weighted by molar-refractivity contribution is -0.171. The number of Topliss-reactive ketones (excluding diaryl/α,β-unsaturated/α-hetero) is 1. The monoisotopic (exact) mass is 373 g/mol. The standard InChI is InChI=1S/C21H27NO5/c1-27-20(26)18-17-12-16(24)8-10-21(17,9-5-11-23)14-22(19(18)25)13-15-6-3-2-4-7-15/h2-4,6-7,17-18,23H,5,8-14H2,1H3/t17-,18+,21+/m0/s1. The molecule has 6 heteroatoms. The van der Waals surface area contributed by atoms with Gasteiger partial charge in [-0.05, 0) is 36.2 Å². The van der Waals surface area contributed by atoms with Gasteiger partial charge in [0.25, 0.3) is 0 Å². The first-order chi connectivity index (χ1) is 13.0.